The molecule has 0 radical (unpaired) electrons. The smallest absolute Gasteiger partial charge is 0.383 e. The maximum Gasteiger partial charge on any atom is 0.493 e. The molecule has 1 atom stereocenters. The quantitative estimate of drug-likeness (QED) is 0.228. The predicted octanol–water partition coefficient (Wildman–Crippen LogP) is 5.63. The van der Waals surface area contributed by atoms with Gasteiger partial charge in [-0.15, -0.1) is 0 Å². The molecule has 3 N–H and O–H groups in total. The Balaban J connectivity index is 1.92. The molecule has 0 spiro atoms. The minimum Gasteiger partial charge on any atom is -0.383 e. The first-order valence-electron chi connectivity index (χ1n) is 11.6. The Hall–Kier alpha value is -4.30. The molecule has 9 nitrogen and oxygen atoms in total. The van der Waals surface area contributed by atoms with Gasteiger partial charge in [-0.2, -0.15) is 17.5 Å². The van der Waals surface area contributed by atoms with Gasteiger partial charge in [0.15, 0.2) is 0 Å². The van der Waals surface area contributed by atoms with Gasteiger partial charge in [0.05, 0.1) is 16.8 Å². The van der Waals surface area contributed by atoms with Crippen LogP contribution < -0.4 is 11.1 Å². The van der Waals surface area contributed by atoms with Crippen LogP contribution in [-0.4, -0.2) is 48.6 Å². The summed E-state index contributed by atoms with van der Waals surface area (Å²) in [6.07, 6.45) is 1.26. The van der Waals surface area contributed by atoms with Crippen LogP contribution in [0.4, 0.5) is 34.8 Å². The van der Waals surface area contributed by atoms with E-state index in [0.717, 1.165) is 26.2 Å². The summed E-state index contributed by atoms with van der Waals surface area (Å²) in [4.78, 5) is 20.3. The molecule has 1 amide bonds. The number of halogens is 4. The molecule has 0 bridgehead atoms. The van der Waals surface area contributed by atoms with Crippen molar-refractivity contribution in [1.29, 1.82) is 0 Å². The van der Waals surface area contributed by atoms with Gasteiger partial charge in [-0.25, -0.2) is 22.9 Å². The third-order valence-electron chi connectivity index (χ3n) is 6.05. The number of hydrogen-bond donors (Lipinski definition) is 2. The molecular formula is C26H25F4N7O2S. The number of nitrogens with two attached hydrogens (primary N) is 1. The Morgan fingerprint density at radius 2 is 1.80 bits per heavy atom. The number of carbonyl (C=O) groups excluding carboxylic acids is 1. The first-order valence-corrected chi connectivity index (χ1v) is 13.1. The molecule has 0 aliphatic carbocycles. The van der Waals surface area contributed by atoms with Crippen molar-refractivity contribution in [3.63, 3.8) is 0 Å². The molecule has 4 aromatic rings. The molecule has 14 heteroatoms. The van der Waals surface area contributed by atoms with Crippen LogP contribution in [0.25, 0.3) is 33.4 Å². The predicted molar refractivity (Wildman–Crippen MR) is 147 cm³/mol. The number of benzene rings is 2. The summed E-state index contributed by atoms with van der Waals surface area (Å²) in [5, 5.41) is 3.03. The van der Waals surface area contributed by atoms with Crippen molar-refractivity contribution in [3.05, 3.63) is 66.8 Å². The Morgan fingerprint density at radius 1 is 1.15 bits per heavy atom. The van der Waals surface area contributed by atoms with E-state index < -0.39 is 26.9 Å². The largest absolute Gasteiger partial charge is 0.493 e. The highest BCUT2D eigenvalue weighted by atomic mass is 32.2. The number of aryl methyl sites for hydroxylation is 1. The highest BCUT2D eigenvalue weighted by Gasteiger charge is 2.45. The second kappa shape index (κ2) is 10.4. The normalized spacial score (nSPS) is 13.3. The standard InChI is InChI=1S/C26H25F4N7O2S/c1-14(2)25(38)34-16-8-6-15(7-9-16)22-20(21-23(31)32-13-33-24(21)37(22)5)18-11-10-17(12-19(18)27)35-40(39,36(3)4)26(28,29)30/h6-13H,1H2,2-5H3,(H,34,38)(H2,31,32,33). The van der Waals surface area contributed by atoms with Crippen LogP contribution in [0.2, 0.25) is 0 Å². The van der Waals surface area contributed by atoms with Crippen molar-refractivity contribution in [2.24, 2.45) is 11.4 Å². The summed E-state index contributed by atoms with van der Waals surface area (Å²) in [5.41, 5.74) is 3.14. The van der Waals surface area contributed by atoms with Crippen LogP contribution in [0, 0.1) is 5.82 Å². The number of alkyl halides is 3. The fourth-order valence-electron chi connectivity index (χ4n) is 4.07. The van der Waals surface area contributed by atoms with Crippen LogP contribution in [-0.2, 0) is 21.8 Å². The molecule has 1 unspecified atom stereocenters. The summed E-state index contributed by atoms with van der Waals surface area (Å²) in [5.74, 6) is -1.21. The molecule has 0 aliphatic heterocycles. The zero-order chi connectivity index (χ0) is 29.6. The Morgan fingerprint density at radius 3 is 2.35 bits per heavy atom. The lowest BCUT2D eigenvalue weighted by molar-refractivity contribution is -0.112. The van der Waals surface area contributed by atoms with Gasteiger partial charge in [0, 0.05) is 49.6 Å². The third-order valence-corrected chi connectivity index (χ3v) is 8.10. The molecular weight excluding hydrogens is 550 g/mol. The van der Waals surface area contributed by atoms with E-state index in [1.54, 1.807) is 42.8 Å². The van der Waals surface area contributed by atoms with E-state index in [0.29, 0.717) is 43.4 Å². The van der Waals surface area contributed by atoms with Crippen LogP contribution in [0.3, 0.4) is 0 Å². The number of nitrogens with one attached hydrogen (secondary N) is 1. The number of carbonyl (C=O) groups is 1. The fourth-order valence-corrected chi connectivity index (χ4v) is 5.15. The maximum absolute atomic E-state index is 15.7. The monoisotopic (exact) mass is 575 g/mol. The van der Waals surface area contributed by atoms with Crippen molar-refractivity contribution < 1.29 is 26.6 Å². The van der Waals surface area contributed by atoms with Gasteiger partial charge in [-0.05, 0) is 36.8 Å². The molecule has 4 rings (SSSR count). The van der Waals surface area contributed by atoms with Crippen molar-refractivity contribution in [1.82, 2.24) is 18.8 Å². The Labute approximate surface area is 227 Å². The summed E-state index contributed by atoms with van der Waals surface area (Å²) in [6, 6.07) is 9.88. The van der Waals surface area contributed by atoms with E-state index in [1.165, 1.54) is 12.4 Å². The second-order valence-corrected chi connectivity index (χ2v) is 11.4. The van der Waals surface area contributed by atoms with E-state index in [9.17, 15) is 22.2 Å². The number of amides is 1. The highest BCUT2D eigenvalue weighted by molar-refractivity contribution is 7.92. The topological polar surface area (TPSA) is 118 Å². The lowest BCUT2D eigenvalue weighted by Gasteiger charge is -2.19. The van der Waals surface area contributed by atoms with Gasteiger partial charge < -0.3 is 15.6 Å². The van der Waals surface area contributed by atoms with Crippen molar-refractivity contribution in [2.75, 3.05) is 25.1 Å². The van der Waals surface area contributed by atoms with Crippen molar-refractivity contribution in [2.45, 2.75) is 12.4 Å². The Bertz CT molecular complexity index is 1770. The second-order valence-electron chi connectivity index (χ2n) is 9.06. The van der Waals surface area contributed by atoms with Crippen LogP contribution in [0.15, 0.2) is 65.3 Å². The van der Waals surface area contributed by atoms with E-state index in [-0.39, 0.29) is 17.3 Å². The first-order chi connectivity index (χ1) is 18.7. The summed E-state index contributed by atoms with van der Waals surface area (Å²) >= 11 is 0. The minimum atomic E-state index is -5.17. The molecule has 0 fully saturated rings. The lowest BCUT2D eigenvalue weighted by Crippen LogP contribution is -2.35. The summed E-state index contributed by atoms with van der Waals surface area (Å²) in [6.45, 7) is 5.18. The number of aromatic nitrogens is 3. The third kappa shape index (κ3) is 5.02. The SMILES string of the molecule is C=C(C)C(=O)Nc1ccc(-c2c(-c3ccc(N=S(=O)(N(C)C)C(F)(F)F)cc3F)c3c(N)ncnc3n2C)cc1. The zero-order valence-corrected chi connectivity index (χ0v) is 22.7. The van der Waals surface area contributed by atoms with Gasteiger partial charge in [0.25, 0.3) is 5.91 Å². The maximum atomic E-state index is 15.7. The molecule has 0 aliphatic rings. The minimum absolute atomic E-state index is 0.0101. The number of hydrogen-bond acceptors (Lipinski definition) is 6. The molecule has 0 saturated heterocycles. The molecule has 210 valence electrons. The molecule has 2 aromatic heterocycles. The average Bonchev–Trinajstić information content (AvgIpc) is 3.17. The van der Waals surface area contributed by atoms with Gasteiger partial charge in [-0.1, -0.05) is 18.7 Å². The van der Waals surface area contributed by atoms with Crippen LogP contribution >= 0.6 is 0 Å². The van der Waals surface area contributed by atoms with Gasteiger partial charge in [-0.3, -0.25) is 4.79 Å². The molecule has 40 heavy (non-hydrogen) atoms. The fraction of sp³-hybridized carbons (Fsp3) is 0.192. The van der Waals surface area contributed by atoms with Crippen molar-refractivity contribution in [3.8, 4) is 22.4 Å². The molecule has 0 saturated carbocycles. The van der Waals surface area contributed by atoms with E-state index in [1.807, 2.05) is 0 Å². The number of rotatable bonds is 6. The van der Waals surface area contributed by atoms with Gasteiger partial charge in [0.1, 0.15) is 23.6 Å². The van der Waals surface area contributed by atoms with Crippen LogP contribution in [0.5, 0.6) is 0 Å². The molecule has 2 aromatic carbocycles. The van der Waals surface area contributed by atoms with Crippen molar-refractivity contribution >= 4 is 44.0 Å². The van der Waals surface area contributed by atoms with E-state index >= 15 is 4.39 Å². The number of anilines is 2. The highest BCUT2D eigenvalue weighted by Crippen LogP contribution is 2.43. The van der Waals surface area contributed by atoms with E-state index in [4.69, 9.17) is 5.73 Å². The first kappa shape index (κ1) is 28.7. The average molecular weight is 576 g/mol. The molecule has 2 heterocycles. The van der Waals surface area contributed by atoms with Gasteiger partial charge in [0.2, 0.25) is 9.92 Å². The lowest BCUT2D eigenvalue weighted by atomic mass is 9.98. The van der Waals surface area contributed by atoms with Crippen LogP contribution in [0.1, 0.15) is 6.92 Å². The summed E-state index contributed by atoms with van der Waals surface area (Å²) < 4.78 is 74.3. The number of nitrogens with zero attached hydrogens (tertiary/aromatic N) is 5. The number of fused-ring (bicyclic) bond motifs is 1. The summed E-state index contributed by atoms with van der Waals surface area (Å²) in [7, 11) is -1.21. The van der Waals surface area contributed by atoms with E-state index in [2.05, 4.69) is 26.2 Å². The Kier molecular flexibility index (Phi) is 7.43. The number of nitrogen functional groups attached to an aromatic ring is 1. The zero-order valence-electron chi connectivity index (χ0n) is 21.9. The van der Waals surface area contributed by atoms with Gasteiger partial charge >= 0.3 is 5.51 Å².